The van der Waals surface area contributed by atoms with Crippen LogP contribution in [0.5, 0.6) is 0 Å². The number of nitriles is 1. The highest BCUT2D eigenvalue weighted by atomic mass is 35.5. The van der Waals surface area contributed by atoms with Crippen molar-refractivity contribution in [2.24, 2.45) is 0 Å². The number of hydrogen-bond acceptors (Lipinski definition) is 4. The van der Waals surface area contributed by atoms with Crippen molar-refractivity contribution in [1.29, 1.82) is 5.26 Å². The van der Waals surface area contributed by atoms with E-state index >= 15 is 0 Å². The Balaban J connectivity index is 2.01. The van der Waals surface area contributed by atoms with Gasteiger partial charge in [0.1, 0.15) is 17.2 Å². The molecular formula is C28H29ClF2N2O2. The highest BCUT2D eigenvalue weighted by Gasteiger charge is 2.36. The Morgan fingerprint density at radius 1 is 1.06 bits per heavy atom. The number of halogens is 3. The SMILES string of the molecule is COC[C@@](C)(O)C(N[C@@H](C)C(Cc1ccc(Cl)cc1)c1cccc(C#N)c1)c1cc(F)cc(F)c1. The lowest BCUT2D eigenvalue weighted by atomic mass is 9.83. The van der Waals surface area contributed by atoms with Crippen LogP contribution in [0, 0.1) is 23.0 Å². The largest absolute Gasteiger partial charge is 0.386 e. The van der Waals surface area contributed by atoms with E-state index < -0.39 is 23.3 Å². The molecule has 0 aromatic heterocycles. The van der Waals surface area contributed by atoms with Gasteiger partial charge in [0.2, 0.25) is 0 Å². The summed E-state index contributed by atoms with van der Waals surface area (Å²) in [5.74, 6) is -1.59. The van der Waals surface area contributed by atoms with Gasteiger partial charge in [-0.2, -0.15) is 5.26 Å². The van der Waals surface area contributed by atoms with Gasteiger partial charge in [-0.05, 0) is 73.4 Å². The van der Waals surface area contributed by atoms with E-state index in [2.05, 4.69) is 11.4 Å². The number of rotatable bonds is 10. The molecule has 7 heteroatoms. The zero-order valence-electron chi connectivity index (χ0n) is 19.9. The number of hydrogen-bond donors (Lipinski definition) is 2. The third kappa shape index (κ3) is 7.09. The molecule has 0 aliphatic heterocycles. The summed E-state index contributed by atoms with van der Waals surface area (Å²) in [6.07, 6.45) is 0.608. The molecule has 0 aliphatic carbocycles. The fraction of sp³-hybridized carbons (Fsp3) is 0.321. The maximum Gasteiger partial charge on any atom is 0.126 e. The first-order valence-corrected chi connectivity index (χ1v) is 11.7. The van der Waals surface area contributed by atoms with Crippen LogP contribution in [0.25, 0.3) is 0 Å². The highest BCUT2D eigenvalue weighted by Crippen LogP contribution is 2.32. The minimum absolute atomic E-state index is 0.0543. The smallest absolute Gasteiger partial charge is 0.126 e. The molecule has 0 bridgehead atoms. The van der Waals surface area contributed by atoms with E-state index in [0.29, 0.717) is 17.0 Å². The molecule has 3 rings (SSSR count). The molecule has 0 spiro atoms. The molecule has 2 N–H and O–H groups in total. The summed E-state index contributed by atoms with van der Waals surface area (Å²) in [7, 11) is 1.46. The lowest BCUT2D eigenvalue weighted by Gasteiger charge is -2.38. The number of aliphatic hydroxyl groups is 1. The van der Waals surface area contributed by atoms with Crippen molar-refractivity contribution in [3.63, 3.8) is 0 Å². The number of methoxy groups -OCH3 is 1. The quantitative estimate of drug-likeness (QED) is 0.363. The Morgan fingerprint density at radius 3 is 2.31 bits per heavy atom. The van der Waals surface area contributed by atoms with Crippen LogP contribution in [0.1, 0.15) is 48.1 Å². The predicted octanol–water partition coefficient (Wildman–Crippen LogP) is 5.93. The molecule has 3 aromatic carbocycles. The molecule has 0 fully saturated rings. The van der Waals surface area contributed by atoms with E-state index in [1.165, 1.54) is 19.2 Å². The molecule has 0 saturated carbocycles. The Bertz CT molecular complexity index is 1160. The van der Waals surface area contributed by atoms with Crippen LogP contribution in [0.15, 0.2) is 66.7 Å². The van der Waals surface area contributed by atoms with Crippen LogP contribution < -0.4 is 5.32 Å². The fourth-order valence-corrected chi connectivity index (χ4v) is 4.55. The van der Waals surface area contributed by atoms with Gasteiger partial charge in [-0.25, -0.2) is 8.78 Å². The van der Waals surface area contributed by atoms with Crippen molar-refractivity contribution in [1.82, 2.24) is 5.32 Å². The van der Waals surface area contributed by atoms with E-state index in [1.807, 2.05) is 49.4 Å². The van der Waals surface area contributed by atoms with Gasteiger partial charge < -0.3 is 15.2 Å². The number of nitrogens with one attached hydrogen (secondary N) is 1. The molecule has 184 valence electrons. The lowest BCUT2D eigenvalue weighted by Crippen LogP contribution is -2.49. The molecule has 0 amide bonds. The minimum atomic E-state index is -1.47. The minimum Gasteiger partial charge on any atom is -0.386 e. The Kier molecular flexibility index (Phi) is 8.98. The summed E-state index contributed by atoms with van der Waals surface area (Å²) >= 11 is 6.06. The number of nitrogens with zero attached hydrogens (tertiary/aromatic N) is 1. The molecule has 4 nitrogen and oxygen atoms in total. The van der Waals surface area contributed by atoms with Crippen molar-refractivity contribution < 1.29 is 18.6 Å². The number of benzene rings is 3. The second kappa shape index (κ2) is 11.7. The number of ether oxygens (including phenoxy) is 1. The van der Waals surface area contributed by atoms with Gasteiger partial charge in [0.15, 0.2) is 0 Å². The summed E-state index contributed by atoms with van der Waals surface area (Å²) in [6.45, 7) is 3.46. The second-order valence-corrected chi connectivity index (χ2v) is 9.49. The molecule has 4 atom stereocenters. The second-order valence-electron chi connectivity index (χ2n) is 9.06. The van der Waals surface area contributed by atoms with Crippen molar-refractivity contribution in [3.05, 3.63) is 106 Å². The summed E-state index contributed by atoms with van der Waals surface area (Å²) in [6, 6.07) is 19.1. The molecule has 0 heterocycles. The third-order valence-corrected chi connectivity index (χ3v) is 6.37. The lowest BCUT2D eigenvalue weighted by molar-refractivity contribution is -0.0480. The van der Waals surface area contributed by atoms with Gasteiger partial charge in [0.05, 0.1) is 24.3 Å². The summed E-state index contributed by atoms with van der Waals surface area (Å²) in [5.41, 5.74) is 1.29. The standard InChI is InChI=1S/C28H29ClF2N2O2/c1-18(33-27(28(2,34)17-35-3)22-13-24(30)15-25(31)14-22)26(12-19-7-9-23(29)10-8-19)21-6-4-5-20(11-21)16-32/h4-11,13-15,18,26-27,33-34H,12,17H2,1-3H3/t18-,26?,27?,28+/m0/s1. The van der Waals surface area contributed by atoms with Crippen LogP contribution >= 0.6 is 11.6 Å². The van der Waals surface area contributed by atoms with Crippen molar-refractivity contribution in [2.45, 2.75) is 43.9 Å². The predicted molar refractivity (Wildman–Crippen MR) is 133 cm³/mol. The maximum absolute atomic E-state index is 14.1. The molecule has 0 radical (unpaired) electrons. The van der Waals surface area contributed by atoms with E-state index in [-0.39, 0.29) is 24.1 Å². The first-order chi connectivity index (χ1) is 16.6. The van der Waals surface area contributed by atoms with Crippen LogP contribution in [-0.4, -0.2) is 30.5 Å². The van der Waals surface area contributed by atoms with Crippen molar-refractivity contribution in [3.8, 4) is 6.07 Å². The van der Waals surface area contributed by atoms with Gasteiger partial charge in [-0.3, -0.25) is 0 Å². The fourth-order valence-electron chi connectivity index (χ4n) is 4.43. The topological polar surface area (TPSA) is 65.3 Å². The van der Waals surface area contributed by atoms with Gasteiger partial charge in [0, 0.05) is 30.2 Å². The normalized spacial score (nSPS) is 15.6. The molecule has 35 heavy (non-hydrogen) atoms. The average molecular weight is 499 g/mol. The van der Waals surface area contributed by atoms with Crippen LogP contribution in [0.2, 0.25) is 5.02 Å². The van der Waals surface area contributed by atoms with Crippen LogP contribution in [0.3, 0.4) is 0 Å². The monoisotopic (exact) mass is 498 g/mol. The molecule has 3 aromatic rings. The first-order valence-electron chi connectivity index (χ1n) is 11.3. The van der Waals surface area contributed by atoms with Crippen LogP contribution in [-0.2, 0) is 11.2 Å². The average Bonchev–Trinajstić information content (AvgIpc) is 2.81. The zero-order chi connectivity index (χ0) is 25.6. The molecule has 0 saturated heterocycles. The van der Waals surface area contributed by atoms with E-state index in [0.717, 1.165) is 17.2 Å². The first kappa shape index (κ1) is 26.8. The molecule has 0 aliphatic rings. The summed E-state index contributed by atoms with van der Waals surface area (Å²) < 4.78 is 33.4. The summed E-state index contributed by atoms with van der Waals surface area (Å²) in [4.78, 5) is 0. The maximum atomic E-state index is 14.1. The van der Waals surface area contributed by atoms with E-state index in [9.17, 15) is 19.1 Å². The van der Waals surface area contributed by atoms with Crippen molar-refractivity contribution >= 4 is 11.6 Å². The Morgan fingerprint density at radius 2 is 1.71 bits per heavy atom. The molecular weight excluding hydrogens is 470 g/mol. The van der Waals surface area contributed by atoms with E-state index in [1.54, 1.807) is 13.0 Å². The van der Waals surface area contributed by atoms with Gasteiger partial charge in [0.25, 0.3) is 0 Å². The van der Waals surface area contributed by atoms with Crippen LogP contribution in [0.4, 0.5) is 8.78 Å². The molecule has 2 unspecified atom stereocenters. The highest BCUT2D eigenvalue weighted by molar-refractivity contribution is 6.30. The van der Waals surface area contributed by atoms with E-state index in [4.69, 9.17) is 16.3 Å². The van der Waals surface area contributed by atoms with Gasteiger partial charge in [-0.1, -0.05) is 35.9 Å². The Labute approximate surface area is 210 Å². The third-order valence-electron chi connectivity index (χ3n) is 6.12. The van der Waals surface area contributed by atoms with Gasteiger partial charge >= 0.3 is 0 Å². The summed E-state index contributed by atoms with van der Waals surface area (Å²) in [5, 5.41) is 24.7. The van der Waals surface area contributed by atoms with Crippen molar-refractivity contribution in [2.75, 3.05) is 13.7 Å². The zero-order valence-corrected chi connectivity index (χ0v) is 20.7. The Hall–Kier alpha value is -2.82. The van der Waals surface area contributed by atoms with Gasteiger partial charge in [-0.15, -0.1) is 0 Å².